The van der Waals surface area contributed by atoms with E-state index in [0.717, 1.165) is 12.8 Å². The van der Waals surface area contributed by atoms with Crippen LogP contribution in [0.3, 0.4) is 0 Å². The summed E-state index contributed by atoms with van der Waals surface area (Å²) in [6, 6.07) is -0.557. The quantitative estimate of drug-likeness (QED) is 0.142. The highest BCUT2D eigenvalue weighted by molar-refractivity contribution is 5.92. The van der Waals surface area contributed by atoms with Crippen LogP contribution in [0.4, 0.5) is 9.59 Å². The van der Waals surface area contributed by atoms with Crippen molar-refractivity contribution in [2.45, 2.75) is 89.4 Å². The van der Waals surface area contributed by atoms with Crippen molar-refractivity contribution in [1.29, 1.82) is 0 Å². The lowest BCUT2D eigenvalue weighted by Crippen LogP contribution is -2.56. The Morgan fingerprint density at radius 2 is 1.84 bits per heavy atom. The largest absolute Gasteiger partial charge is 0.447 e. The van der Waals surface area contributed by atoms with Gasteiger partial charge in [0.15, 0.2) is 0 Å². The van der Waals surface area contributed by atoms with Gasteiger partial charge in [0.05, 0.1) is 37.8 Å². The van der Waals surface area contributed by atoms with Crippen LogP contribution in [0.1, 0.15) is 53.9 Å². The molecule has 0 aromatic carbocycles. The molecule has 45 heavy (non-hydrogen) atoms. The average molecular weight is 640 g/mol. The Morgan fingerprint density at radius 3 is 2.44 bits per heavy atom. The summed E-state index contributed by atoms with van der Waals surface area (Å²) < 4.78 is 29.3. The van der Waals surface area contributed by atoms with Gasteiger partial charge in [-0.15, -0.1) is 0 Å². The number of ether oxygens (including phenoxy) is 5. The molecule has 2 aliphatic heterocycles. The van der Waals surface area contributed by atoms with E-state index in [1.807, 2.05) is 13.8 Å². The summed E-state index contributed by atoms with van der Waals surface area (Å²) in [5.74, 6) is -0.896. The summed E-state index contributed by atoms with van der Waals surface area (Å²) in [6.07, 6.45) is 1.85. The molecule has 1 aliphatic carbocycles. The van der Waals surface area contributed by atoms with Gasteiger partial charge in [0, 0.05) is 20.2 Å². The number of hydrogen-bond donors (Lipinski definition) is 4. The first kappa shape index (κ1) is 36.7. The van der Waals surface area contributed by atoms with E-state index in [9.17, 15) is 19.2 Å². The van der Waals surface area contributed by atoms with E-state index < -0.39 is 41.9 Å². The number of amides is 4. The second kappa shape index (κ2) is 16.2. The number of methoxy groups -OCH3 is 1. The third kappa shape index (κ3) is 10.4. The lowest BCUT2D eigenvalue weighted by molar-refractivity contribution is -0.121. The molecule has 4 amide bonds. The van der Waals surface area contributed by atoms with Gasteiger partial charge in [0.2, 0.25) is 11.8 Å². The minimum Gasteiger partial charge on any atom is -0.447 e. The fraction of sp³-hybridized carbons (Fsp3) is 0.806. The molecule has 14 nitrogen and oxygen atoms in total. The smallest absolute Gasteiger partial charge is 0.413 e. The number of carbonyl (C=O) groups excluding carboxylic acids is 4. The molecule has 0 bridgehead atoms. The minimum atomic E-state index is -0.916. The van der Waals surface area contributed by atoms with E-state index in [1.165, 1.54) is 5.57 Å². The predicted molar refractivity (Wildman–Crippen MR) is 165 cm³/mol. The first-order chi connectivity index (χ1) is 21.2. The van der Waals surface area contributed by atoms with Gasteiger partial charge >= 0.3 is 12.2 Å². The van der Waals surface area contributed by atoms with E-state index >= 15 is 0 Å². The van der Waals surface area contributed by atoms with Gasteiger partial charge in [0.1, 0.15) is 30.0 Å². The summed E-state index contributed by atoms with van der Waals surface area (Å²) >= 11 is 0. The van der Waals surface area contributed by atoms with Crippen LogP contribution >= 0.6 is 0 Å². The standard InChI is InChI=1S/C31H53N5O9/c1-19(2)9-10-23-30(5,45-23)27-26(41-8)22(11-12-31(27)18-43-31)44-29(40)34-21(20(3)4)17-42-28(39)35-25(38)16-36(7)14-13-33-24(37)15-32-6/h9,20-23,26-27,32H,10-18H2,1-8H3,(H,33,37)(H,34,40)(H,35,38,39)/t21-,22?,23+,26?,27?,30?,31-/m0/s1. The Hall–Kier alpha value is -2.78. The van der Waals surface area contributed by atoms with Gasteiger partial charge in [-0.05, 0) is 60.0 Å². The van der Waals surface area contributed by atoms with Crippen molar-refractivity contribution in [3.63, 3.8) is 0 Å². The molecule has 14 heteroatoms. The zero-order valence-electron chi connectivity index (χ0n) is 28.0. The van der Waals surface area contributed by atoms with E-state index in [2.05, 4.69) is 48.1 Å². The first-order valence-electron chi connectivity index (χ1n) is 15.8. The number of epoxide rings is 2. The zero-order chi connectivity index (χ0) is 33.4. The Morgan fingerprint density at radius 1 is 1.13 bits per heavy atom. The summed E-state index contributed by atoms with van der Waals surface area (Å²) in [4.78, 5) is 50.8. The van der Waals surface area contributed by atoms with Gasteiger partial charge < -0.3 is 39.6 Å². The molecule has 7 atom stereocenters. The number of rotatable bonds is 16. The second-order valence-electron chi connectivity index (χ2n) is 13.1. The maximum Gasteiger partial charge on any atom is 0.413 e. The van der Waals surface area contributed by atoms with Crippen LogP contribution in [0.25, 0.3) is 0 Å². The zero-order valence-corrected chi connectivity index (χ0v) is 28.0. The fourth-order valence-electron chi connectivity index (χ4n) is 6.08. The number of likely N-dealkylation sites (N-methyl/N-ethyl adjacent to an activating group) is 2. The molecule has 1 spiro atoms. The van der Waals surface area contributed by atoms with Crippen molar-refractivity contribution in [3.8, 4) is 0 Å². The molecular weight excluding hydrogens is 586 g/mol. The number of nitrogens with zero attached hydrogens (tertiary/aromatic N) is 1. The lowest BCUT2D eigenvalue weighted by atomic mass is 9.68. The van der Waals surface area contributed by atoms with Crippen LogP contribution in [0.15, 0.2) is 11.6 Å². The van der Waals surface area contributed by atoms with Crippen LogP contribution in [0, 0.1) is 11.8 Å². The van der Waals surface area contributed by atoms with Crippen LogP contribution in [-0.2, 0) is 33.3 Å². The van der Waals surface area contributed by atoms with E-state index in [4.69, 9.17) is 23.7 Å². The van der Waals surface area contributed by atoms with Crippen LogP contribution < -0.4 is 21.3 Å². The Kier molecular flexibility index (Phi) is 13.2. The molecule has 3 aliphatic rings. The van der Waals surface area contributed by atoms with Crippen molar-refractivity contribution in [1.82, 2.24) is 26.2 Å². The number of hydrogen-bond acceptors (Lipinski definition) is 11. The normalized spacial score (nSPS) is 29.1. The summed E-state index contributed by atoms with van der Waals surface area (Å²) in [5, 5.41) is 10.5. The number of nitrogens with one attached hydrogen (secondary N) is 4. The monoisotopic (exact) mass is 639 g/mol. The lowest BCUT2D eigenvalue weighted by Gasteiger charge is -2.42. The molecule has 2 saturated heterocycles. The Bertz CT molecular complexity index is 1080. The summed E-state index contributed by atoms with van der Waals surface area (Å²) in [5.41, 5.74) is 0.453. The molecule has 0 aromatic rings. The molecule has 4 unspecified atom stereocenters. The molecule has 4 N–H and O–H groups in total. The maximum absolute atomic E-state index is 13.1. The topological polar surface area (TPSA) is 172 Å². The molecule has 0 aromatic heterocycles. The third-order valence-corrected chi connectivity index (χ3v) is 8.81. The summed E-state index contributed by atoms with van der Waals surface area (Å²) in [7, 11) is 4.99. The van der Waals surface area contributed by atoms with Crippen molar-refractivity contribution < 1.29 is 42.9 Å². The van der Waals surface area contributed by atoms with Crippen molar-refractivity contribution in [2.24, 2.45) is 11.8 Å². The number of imide groups is 1. The molecule has 2 heterocycles. The number of carbonyl (C=O) groups is 4. The van der Waals surface area contributed by atoms with Crippen molar-refractivity contribution >= 4 is 24.0 Å². The van der Waals surface area contributed by atoms with Gasteiger partial charge in [-0.1, -0.05) is 25.5 Å². The van der Waals surface area contributed by atoms with Gasteiger partial charge in [-0.25, -0.2) is 9.59 Å². The fourth-order valence-corrected chi connectivity index (χ4v) is 6.08. The Balaban J connectivity index is 1.47. The highest BCUT2D eigenvalue weighted by Crippen LogP contribution is 2.59. The maximum atomic E-state index is 13.1. The predicted octanol–water partition coefficient (Wildman–Crippen LogP) is 1.33. The number of allylic oxidation sites excluding steroid dienone is 1. The molecule has 3 rings (SSSR count). The summed E-state index contributed by atoms with van der Waals surface area (Å²) in [6.45, 7) is 11.4. The average Bonchev–Trinajstić information content (AvgIpc) is 3.87. The molecule has 1 saturated carbocycles. The minimum absolute atomic E-state index is 0.0422. The highest BCUT2D eigenvalue weighted by Gasteiger charge is 2.72. The van der Waals surface area contributed by atoms with Crippen molar-refractivity contribution in [3.05, 3.63) is 11.6 Å². The molecule has 3 fully saturated rings. The van der Waals surface area contributed by atoms with Crippen LogP contribution in [0.2, 0.25) is 0 Å². The Labute approximate surface area is 266 Å². The number of alkyl carbamates (subject to hydrolysis) is 2. The van der Waals surface area contributed by atoms with E-state index in [-0.39, 0.29) is 49.1 Å². The second-order valence-corrected chi connectivity index (χ2v) is 13.1. The van der Waals surface area contributed by atoms with Gasteiger partial charge in [0.25, 0.3) is 0 Å². The highest BCUT2D eigenvalue weighted by atomic mass is 16.6. The molecule has 256 valence electrons. The van der Waals surface area contributed by atoms with E-state index in [0.29, 0.717) is 26.1 Å². The van der Waals surface area contributed by atoms with Gasteiger partial charge in [-0.3, -0.25) is 19.8 Å². The SMILES string of the molecule is CNCC(=O)NCCN(C)CC(=O)NC(=O)OC[C@H](NC(=O)OC1CC[C@]2(CO2)C(C2(C)O[C@@H]2CC=C(C)C)C1OC)C(C)C. The van der Waals surface area contributed by atoms with Crippen molar-refractivity contribution in [2.75, 3.05) is 60.6 Å². The van der Waals surface area contributed by atoms with Gasteiger partial charge in [-0.2, -0.15) is 0 Å². The molecular formula is C31H53N5O9. The van der Waals surface area contributed by atoms with Crippen LogP contribution in [-0.4, -0.2) is 125 Å². The van der Waals surface area contributed by atoms with Crippen LogP contribution in [0.5, 0.6) is 0 Å². The van der Waals surface area contributed by atoms with E-state index in [1.54, 1.807) is 26.1 Å². The first-order valence-corrected chi connectivity index (χ1v) is 15.8. The third-order valence-electron chi connectivity index (χ3n) is 8.81. The molecule has 0 radical (unpaired) electrons.